The number of hydrogen-bond donors (Lipinski definition) is 0. The smallest absolute Gasteiger partial charge is 0.132 e. The van der Waals surface area contributed by atoms with Gasteiger partial charge in [0.2, 0.25) is 0 Å². The third-order valence-electron chi connectivity index (χ3n) is 15.9. The predicted octanol–water partition coefficient (Wildman–Crippen LogP) is 20.1. The van der Waals surface area contributed by atoms with E-state index in [1.165, 1.54) is 165 Å². The molecule has 0 saturated heterocycles. The first-order valence-corrected chi connectivity index (χ1v) is 31.6. The van der Waals surface area contributed by atoms with Crippen molar-refractivity contribution in [2.75, 3.05) is 52.9 Å². The molecule has 0 aliphatic heterocycles. The summed E-state index contributed by atoms with van der Waals surface area (Å²) in [6.45, 7) is 62.9. The molecule has 2 aliphatic rings. The van der Waals surface area contributed by atoms with Crippen LogP contribution >= 0.6 is 0 Å². The fraction of sp³-hybridized carbons (Fsp3) is 0.667. The maximum absolute atomic E-state index is 5.57. The van der Waals surface area contributed by atoms with E-state index in [4.69, 9.17) is 56.8 Å². The van der Waals surface area contributed by atoms with Gasteiger partial charge in [0.1, 0.15) is 50.7 Å². The molecule has 2 saturated carbocycles. The third-order valence-corrected chi connectivity index (χ3v) is 15.9. The maximum atomic E-state index is 5.57. The van der Waals surface area contributed by atoms with Crippen LogP contribution in [0.5, 0.6) is 0 Å². The van der Waals surface area contributed by atoms with Gasteiger partial charge in [-0.15, -0.1) is 0 Å². The summed E-state index contributed by atoms with van der Waals surface area (Å²) in [4.78, 5) is 0. The van der Waals surface area contributed by atoms with Crippen molar-refractivity contribution in [2.24, 2.45) is 40.4 Å². The summed E-state index contributed by atoms with van der Waals surface area (Å²) in [5.74, 6) is 3.29. The number of ether oxygens (including phenoxy) is 12. The van der Waals surface area contributed by atoms with Gasteiger partial charge < -0.3 is 56.8 Å². The minimum absolute atomic E-state index is 0.127. The molecule has 2 aliphatic carbocycles. The molecule has 2 fully saturated rings. The van der Waals surface area contributed by atoms with Crippen molar-refractivity contribution in [3.8, 4) is 0 Å². The van der Waals surface area contributed by atoms with E-state index < -0.39 is 5.41 Å². The first-order valence-electron chi connectivity index (χ1n) is 31.6. The van der Waals surface area contributed by atoms with Crippen LogP contribution in [0, 0.1) is 40.4 Å². The third kappa shape index (κ3) is 43.2. The Bertz CT molecular complexity index is 1510. The van der Waals surface area contributed by atoms with E-state index in [1.807, 2.05) is 0 Å². The van der Waals surface area contributed by atoms with Crippen LogP contribution in [0.2, 0.25) is 0 Å². The molecule has 0 heterocycles. The van der Waals surface area contributed by atoms with Gasteiger partial charge in [-0.1, -0.05) is 185 Å². The zero-order valence-corrected chi connectivity index (χ0v) is 54.7. The number of rotatable bonds is 50. The molecule has 0 amide bonds. The van der Waals surface area contributed by atoms with E-state index >= 15 is 0 Å². The van der Waals surface area contributed by atoms with Crippen LogP contribution in [-0.4, -0.2) is 77.3 Å². The second-order valence-electron chi connectivity index (χ2n) is 22.2. The molecule has 0 aromatic heterocycles. The van der Waals surface area contributed by atoms with Crippen molar-refractivity contribution in [1.29, 1.82) is 0 Å². The van der Waals surface area contributed by atoms with Crippen molar-refractivity contribution in [1.82, 2.24) is 0 Å². The van der Waals surface area contributed by atoms with Crippen molar-refractivity contribution in [3.63, 3.8) is 0 Å². The minimum atomic E-state index is -0.468. The molecule has 12 heteroatoms. The fourth-order valence-corrected chi connectivity index (χ4v) is 10.5. The predicted molar refractivity (Wildman–Crippen MR) is 353 cm³/mol. The van der Waals surface area contributed by atoms with Gasteiger partial charge in [0, 0.05) is 5.92 Å². The van der Waals surface area contributed by atoms with Crippen molar-refractivity contribution >= 4 is 0 Å². The standard InChI is InChI=1S/C19H32O2.C14H26O2.C13H20O4.2C13H24O2/c1-5-20-17-11-7-15(8-12-17)19(3,4)16-9-13-18(14-10-16)21-6-2;1-4-7-8-9-10-11-12-14(16-6-3)13-15-5-2;1-5-14-9-13(10-15-6-2,11-16-7-3)12-17-8-4;1-5-12(10-14-7-3)9-13(6-2)11-15-8-4;1-5-9-10-13(15-8-4)12(6-2)11-14-7-3/h5-6,15-18H,1-2,7-14H2,3-4H3;5-6,14H,2-4,7-13H2,1H3;5-8H,1-4,9-12H2;2*7-8,12-13H,3-6,9-11H2,1-2H3. The molecule has 5 unspecified atom stereocenters. The van der Waals surface area contributed by atoms with Crippen molar-refractivity contribution < 1.29 is 56.8 Å². The summed E-state index contributed by atoms with van der Waals surface area (Å²) < 4.78 is 63.7. The zero-order valence-electron chi connectivity index (χ0n) is 54.7. The highest BCUT2D eigenvalue weighted by Gasteiger charge is 2.41. The molecule has 0 bridgehead atoms. The van der Waals surface area contributed by atoms with E-state index in [0.29, 0.717) is 75.0 Å². The summed E-state index contributed by atoms with van der Waals surface area (Å²) in [6, 6.07) is 0. The van der Waals surface area contributed by atoms with Gasteiger partial charge in [0.05, 0.1) is 107 Å². The van der Waals surface area contributed by atoms with Crippen LogP contribution in [0.1, 0.15) is 190 Å². The topological polar surface area (TPSA) is 111 Å². The lowest BCUT2D eigenvalue weighted by Crippen LogP contribution is -2.40. The molecular formula is C72H126O12. The minimum Gasteiger partial charge on any atom is -0.502 e. The average Bonchev–Trinajstić information content (AvgIpc) is 3.62. The fourth-order valence-electron chi connectivity index (χ4n) is 10.5. The highest BCUT2D eigenvalue weighted by Crippen LogP contribution is 2.49. The number of unbranched alkanes of at least 4 members (excludes halogenated alkanes) is 6. The Balaban J connectivity index is -0.000000984. The quantitative estimate of drug-likeness (QED) is 0.0427. The second kappa shape index (κ2) is 59.2. The van der Waals surface area contributed by atoms with Gasteiger partial charge >= 0.3 is 0 Å². The molecule has 0 N–H and O–H groups in total. The van der Waals surface area contributed by atoms with Crippen LogP contribution in [0.3, 0.4) is 0 Å². The first-order chi connectivity index (χ1) is 40.7. The van der Waals surface area contributed by atoms with Gasteiger partial charge in [0.25, 0.3) is 0 Å². The molecule has 84 heavy (non-hydrogen) atoms. The average molecular weight is 1180 g/mol. The second-order valence-corrected chi connectivity index (χ2v) is 22.2. The van der Waals surface area contributed by atoms with Gasteiger partial charge in [-0.2, -0.15) is 0 Å². The number of hydrogen-bond acceptors (Lipinski definition) is 12. The van der Waals surface area contributed by atoms with Gasteiger partial charge in [-0.25, -0.2) is 0 Å². The molecule has 486 valence electrons. The van der Waals surface area contributed by atoms with Gasteiger partial charge in [0.15, 0.2) is 0 Å². The van der Waals surface area contributed by atoms with Gasteiger partial charge in [-0.05, 0) is 113 Å². The monoisotopic (exact) mass is 1180 g/mol. The molecule has 2 rings (SSSR count). The molecule has 5 atom stereocenters. The molecule has 12 nitrogen and oxygen atoms in total. The maximum Gasteiger partial charge on any atom is 0.132 e. The Morgan fingerprint density at radius 1 is 0.381 bits per heavy atom. The molecule has 0 radical (unpaired) electrons. The molecule has 0 aromatic rings. The van der Waals surface area contributed by atoms with E-state index in [9.17, 15) is 0 Å². The van der Waals surface area contributed by atoms with E-state index in [1.54, 1.807) is 12.5 Å². The summed E-state index contributed by atoms with van der Waals surface area (Å²) in [6.07, 6.45) is 45.6. The molecular weight excluding hydrogens is 1060 g/mol. The highest BCUT2D eigenvalue weighted by molar-refractivity contribution is 4.92. The van der Waals surface area contributed by atoms with Crippen molar-refractivity contribution in [2.45, 2.75) is 214 Å². The SMILES string of the molecule is C=COC1CCC(C(C)(C)C2CCC(OC=C)CC2)CC1.C=COCC(CC)C(CCCC)OC=C.C=COCC(CC)CC(CC)COC=C.C=COCC(CCCCCCCC)OC=C.C=COCC(COC=C)(COC=C)COC=C. The Kier molecular flexibility index (Phi) is 58.3. The van der Waals surface area contributed by atoms with Crippen LogP contribution in [0.4, 0.5) is 0 Å². The van der Waals surface area contributed by atoms with Crippen LogP contribution in [0.25, 0.3) is 0 Å². The lowest BCUT2D eigenvalue weighted by molar-refractivity contribution is -0.0471. The van der Waals surface area contributed by atoms with Crippen LogP contribution in [-0.2, 0) is 56.8 Å². The lowest BCUT2D eigenvalue weighted by atomic mass is 9.60. The van der Waals surface area contributed by atoms with E-state index in [2.05, 4.69) is 127 Å². The summed E-state index contributed by atoms with van der Waals surface area (Å²) >= 11 is 0. The zero-order chi connectivity index (χ0) is 63.4. The van der Waals surface area contributed by atoms with Crippen molar-refractivity contribution in [3.05, 3.63) is 154 Å². The van der Waals surface area contributed by atoms with Gasteiger partial charge in [-0.3, -0.25) is 0 Å². The van der Waals surface area contributed by atoms with Crippen LogP contribution < -0.4 is 0 Å². The van der Waals surface area contributed by atoms with E-state index in [0.717, 1.165) is 63.6 Å². The van der Waals surface area contributed by atoms with Crippen LogP contribution in [0.15, 0.2) is 154 Å². The van der Waals surface area contributed by atoms with E-state index in [-0.39, 0.29) is 12.2 Å². The lowest BCUT2D eigenvalue weighted by Gasteiger charge is -2.46. The Labute approximate surface area is 516 Å². The molecule has 0 spiro atoms. The molecule has 0 aromatic carbocycles. The Morgan fingerprint density at radius 2 is 0.762 bits per heavy atom. The Hall–Kier alpha value is -5.52. The summed E-state index contributed by atoms with van der Waals surface area (Å²) in [7, 11) is 0. The highest BCUT2D eigenvalue weighted by atomic mass is 16.5. The Morgan fingerprint density at radius 3 is 1.12 bits per heavy atom. The normalized spacial score (nSPS) is 17.8. The summed E-state index contributed by atoms with van der Waals surface area (Å²) in [5, 5.41) is 0. The largest absolute Gasteiger partial charge is 0.502 e. The summed E-state index contributed by atoms with van der Waals surface area (Å²) in [5.41, 5.74) is -0.0247. The first kappa shape index (κ1) is 82.7.